The molecule has 0 unspecified atom stereocenters. The van der Waals surface area contributed by atoms with E-state index in [9.17, 15) is 27.1 Å². The Morgan fingerprint density at radius 2 is 1.83 bits per heavy atom. The van der Waals surface area contributed by atoms with E-state index in [1.54, 1.807) is 0 Å². The molecule has 2 aromatic carbocycles. The van der Waals surface area contributed by atoms with Crippen LogP contribution in [0.15, 0.2) is 30.5 Å². The van der Waals surface area contributed by atoms with Gasteiger partial charge in [0.05, 0.1) is 28.4 Å². The maximum absolute atomic E-state index is 16.6. The number of hydrogen-bond acceptors (Lipinski definition) is 7. The van der Waals surface area contributed by atoms with Crippen molar-refractivity contribution < 1.29 is 36.2 Å². The molecule has 4 aromatic rings. The summed E-state index contributed by atoms with van der Waals surface area (Å²) in [6.07, 6.45) is 7.91. The predicted octanol–water partition coefficient (Wildman–Crippen LogP) is 6.30. The van der Waals surface area contributed by atoms with Gasteiger partial charge >= 0.3 is 6.01 Å². The third-order valence-electron chi connectivity index (χ3n) is 10.1. The van der Waals surface area contributed by atoms with Crippen molar-refractivity contribution in [2.24, 2.45) is 5.41 Å². The minimum atomic E-state index is -3.00. The quantitative estimate of drug-likeness (QED) is 0.203. The molecule has 1 N–H and O–H groups in total. The first kappa shape index (κ1) is 29.1. The molecule has 0 bridgehead atoms. The first-order valence-electron chi connectivity index (χ1n) is 15.0. The molecule has 4 fully saturated rings. The summed E-state index contributed by atoms with van der Waals surface area (Å²) in [5.74, 6) is -5.43. The first-order chi connectivity index (χ1) is 21.8. The number of halogens is 6. The van der Waals surface area contributed by atoms with Gasteiger partial charge in [0, 0.05) is 43.1 Å². The van der Waals surface area contributed by atoms with Crippen LogP contribution in [0.3, 0.4) is 0 Å². The van der Waals surface area contributed by atoms with Crippen LogP contribution >= 0.6 is 0 Å². The highest BCUT2D eigenvalue weighted by molar-refractivity contribution is 6.03. The van der Waals surface area contributed by atoms with Crippen LogP contribution in [0.1, 0.15) is 37.7 Å². The number of aromatic nitrogens is 3. The number of aromatic hydroxyl groups is 1. The smallest absolute Gasteiger partial charge is 0.319 e. The highest BCUT2D eigenvalue weighted by atomic mass is 19.3. The molecule has 5 heterocycles. The van der Waals surface area contributed by atoms with Gasteiger partial charge in [-0.3, -0.25) is 9.88 Å². The number of hydrogen-bond donors (Lipinski definition) is 1. The lowest BCUT2D eigenvalue weighted by Gasteiger charge is -2.31. The van der Waals surface area contributed by atoms with Crippen LogP contribution < -0.4 is 9.64 Å². The van der Waals surface area contributed by atoms with E-state index in [4.69, 9.17) is 11.2 Å². The molecular formula is C33H27F6N5O2. The Labute approximate surface area is 259 Å². The van der Waals surface area contributed by atoms with E-state index >= 15 is 4.39 Å². The molecule has 1 saturated carbocycles. The van der Waals surface area contributed by atoms with Crippen LogP contribution in [0, 0.1) is 29.4 Å². The third-order valence-corrected chi connectivity index (χ3v) is 10.1. The topological polar surface area (TPSA) is 74.6 Å². The van der Waals surface area contributed by atoms with Crippen molar-refractivity contribution in [2.75, 3.05) is 37.7 Å². The molecule has 3 saturated heterocycles. The number of pyridine rings is 1. The summed E-state index contributed by atoms with van der Waals surface area (Å²) in [7, 11) is 0. The number of phenols is 1. The van der Waals surface area contributed by atoms with Gasteiger partial charge in [-0.05, 0) is 49.4 Å². The van der Waals surface area contributed by atoms with Crippen molar-refractivity contribution in [2.45, 2.75) is 49.5 Å². The monoisotopic (exact) mass is 639 g/mol. The number of benzene rings is 2. The van der Waals surface area contributed by atoms with Crippen LogP contribution in [0.4, 0.5) is 32.2 Å². The zero-order valence-corrected chi connectivity index (χ0v) is 24.4. The van der Waals surface area contributed by atoms with Crippen molar-refractivity contribution >= 4 is 27.5 Å². The van der Waals surface area contributed by atoms with E-state index in [-0.39, 0.29) is 83.2 Å². The summed E-state index contributed by atoms with van der Waals surface area (Å²) in [5, 5.41) is 11.0. The highest BCUT2D eigenvalue weighted by Gasteiger charge is 2.77. The van der Waals surface area contributed by atoms with Gasteiger partial charge in [0.2, 0.25) is 0 Å². The molecule has 2 atom stereocenters. The molecule has 7 nitrogen and oxygen atoms in total. The van der Waals surface area contributed by atoms with Gasteiger partial charge in [-0.2, -0.15) is 9.97 Å². The van der Waals surface area contributed by atoms with Gasteiger partial charge in [-0.1, -0.05) is 12.0 Å². The maximum Gasteiger partial charge on any atom is 0.319 e. The number of ether oxygens (including phenoxy) is 1. The van der Waals surface area contributed by atoms with Gasteiger partial charge in [0.25, 0.3) is 11.8 Å². The Morgan fingerprint density at radius 1 is 1.02 bits per heavy atom. The molecule has 2 aromatic heterocycles. The Hall–Kier alpha value is -4.31. The lowest BCUT2D eigenvalue weighted by molar-refractivity contribution is 0.0256. The van der Waals surface area contributed by atoms with Crippen LogP contribution in [0.2, 0.25) is 0 Å². The summed E-state index contributed by atoms with van der Waals surface area (Å²) in [6.45, 7) is 0.138. The molecule has 13 heteroatoms. The molecule has 1 spiro atoms. The second kappa shape index (κ2) is 9.61. The van der Waals surface area contributed by atoms with E-state index in [2.05, 4.69) is 20.9 Å². The number of terminal acetylenes is 1. The van der Waals surface area contributed by atoms with Crippen molar-refractivity contribution in [3.8, 4) is 35.4 Å². The highest BCUT2D eigenvalue weighted by Crippen LogP contribution is 2.69. The van der Waals surface area contributed by atoms with Gasteiger partial charge in [-0.15, -0.1) is 6.42 Å². The molecular weight excluding hydrogens is 612 g/mol. The standard InChI is InChI=1S/C33H27F6N5O2/c1-2-20-23(34)5-4-18-10-19(45)11-21(24(18)20)26-25(35)27-22(12-40-26)28(43-9-7-32(36,37)16-43)42-29(41-27)46-17-31-6-3-8-44(31)15-30(13-31)14-33(30,38)39/h1,4-5,10-12,45H,3,6-9,13-17H2/t30-,31-/m0/s1. The lowest BCUT2D eigenvalue weighted by Crippen LogP contribution is -2.43. The van der Waals surface area contributed by atoms with Crippen molar-refractivity contribution in [1.29, 1.82) is 0 Å². The molecule has 46 heavy (non-hydrogen) atoms. The molecule has 8 rings (SSSR count). The molecule has 0 amide bonds. The van der Waals surface area contributed by atoms with Crippen molar-refractivity contribution in [3.63, 3.8) is 0 Å². The summed E-state index contributed by atoms with van der Waals surface area (Å²) in [5.41, 5.74) is -2.52. The largest absolute Gasteiger partial charge is 0.508 e. The van der Waals surface area contributed by atoms with Crippen LogP contribution in [0.25, 0.3) is 32.9 Å². The van der Waals surface area contributed by atoms with Gasteiger partial charge in [-0.25, -0.2) is 26.3 Å². The predicted molar refractivity (Wildman–Crippen MR) is 157 cm³/mol. The summed E-state index contributed by atoms with van der Waals surface area (Å²) >= 11 is 0. The van der Waals surface area contributed by atoms with E-state index in [1.165, 1.54) is 29.3 Å². The Kier molecular flexibility index (Phi) is 6.08. The summed E-state index contributed by atoms with van der Waals surface area (Å²) < 4.78 is 94.8. The van der Waals surface area contributed by atoms with Crippen LogP contribution in [0.5, 0.6) is 11.8 Å². The number of anilines is 1. The average Bonchev–Trinajstić information content (AvgIpc) is 3.35. The first-order valence-corrected chi connectivity index (χ1v) is 15.0. The van der Waals surface area contributed by atoms with Crippen molar-refractivity contribution in [3.05, 3.63) is 47.7 Å². The van der Waals surface area contributed by atoms with Gasteiger partial charge in [0.15, 0.2) is 5.82 Å². The molecule has 1 aliphatic carbocycles. The Balaban J connectivity index is 1.25. The minimum Gasteiger partial charge on any atom is -0.508 e. The summed E-state index contributed by atoms with van der Waals surface area (Å²) in [4.78, 5) is 16.4. The Morgan fingerprint density at radius 3 is 2.54 bits per heavy atom. The number of fused-ring (bicyclic) bond motifs is 3. The van der Waals surface area contributed by atoms with E-state index in [1.807, 2.05) is 4.90 Å². The number of alkyl halides is 4. The van der Waals surface area contributed by atoms with E-state index in [0.717, 1.165) is 12.5 Å². The molecule has 4 aliphatic rings. The zero-order valence-electron chi connectivity index (χ0n) is 24.4. The molecule has 238 valence electrons. The van der Waals surface area contributed by atoms with Crippen LogP contribution in [-0.2, 0) is 0 Å². The third kappa shape index (κ3) is 4.29. The second-order valence-corrected chi connectivity index (χ2v) is 13.1. The second-order valence-electron chi connectivity index (χ2n) is 13.1. The van der Waals surface area contributed by atoms with E-state index in [0.29, 0.717) is 18.4 Å². The van der Waals surface area contributed by atoms with E-state index < -0.39 is 47.4 Å². The molecule has 3 aliphatic heterocycles. The fourth-order valence-electron chi connectivity index (χ4n) is 7.83. The fraction of sp³-hybridized carbons (Fsp3) is 0.424. The average molecular weight is 640 g/mol. The molecule has 0 radical (unpaired) electrons. The number of phenolic OH excluding ortho intramolecular Hbond substituents is 1. The normalized spacial score (nSPS) is 26.2. The summed E-state index contributed by atoms with van der Waals surface area (Å²) in [6, 6.07) is 4.80. The SMILES string of the molecule is C#Cc1c(F)ccc2cc(O)cc(-c3ncc4c(N5CCC(F)(F)C5)nc(OC[C@@]56CCCN5C[C@@]5(CC5(F)F)C6)nc4c3F)c12. The number of nitrogens with zero attached hydrogens (tertiary/aromatic N) is 5. The zero-order chi connectivity index (χ0) is 32.2. The fourth-order valence-corrected chi connectivity index (χ4v) is 7.83. The van der Waals surface area contributed by atoms with Crippen LogP contribution in [-0.4, -0.2) is 75.1 Å². The van der Waals surface area contributed by atoms with Gasteiger partial charge in [0.1, 0.15) is 35.2 Å². The Bertz CT molecular complexity index is 2000. The lowest BCUT2D eigenvalue weighted by atomic mass is 9.89. The minimum absolute atomic E-state index is 0.000659. The van der Waals surface area contributed by atoms with Crippen molar-refractivity contribution in [1.82, 2.24) is 19.9 Å². The number of rotatable bonds is 5. The van der Waals surface area contributed by atoms with Gasteiger partial charge < -0.3 is 14.7 Å². The maximum atomic E-state index is 16.6.